The van der Waals surface area contributed by atoms with Crippen LogP contribution in [0.1, 0.15) is 25.7 Å². The summed E-state index contributed by atoms with van der Waals surface area (Å²) in [6.07, 6.45) is 4.03. The van der Waals surface area contributed by atoms with Crippen LogP contribution >= 0.6 is 11.8 Å². The van der Waals surface area contributed by atoms with Crippen molar-refractivity contribution in [1.82, 2.24) is 9.80 Å². The average molecular weight is 363 g/mol. The van der Waals surface area contributed by atoms with Crippen LogP contribution < -0.4 is 0 Å². The second-order valence-corrected chi connectivity index (χ2v) is 8.51. The molecule has 5 heteroatoms. The normalized spacial score (nSPS) is 20.5. The first-order chi connectivity index (χ1) is 12.2. The van der Waals surface area contributed by atoms with Gasteiger partial charge in [-0.15, -0.1) is 11.8 Å². The standard InChI is InChI=1S/C20H30N2O2S/c1-24-14-5-10-22-17-20(16-19(22)23)8-11-21(12-9-20)13-15-25-18-6-3-2-4-7-18/h2-4,6-7H,5,8-17H2,1H3. The number of rotatable bonds is 8. The lowest BCUT2D eigenvalue weighted by molar-refractivity contribution is -0.128. The lowest BCUT2D eigenvalue weighted by Gasteiger charge is -2.38. The van der Waals surface area contributed by atoms with Crippen LogP contribution in [-0.4, -0.2) is 67.9 Å². The highest BCUT2D eigenvalue weighted by Crippen LogP contribution is 2.41. The van der Waals surface area contributed by atoms with Crippen molar-refractivity contribution in [3.63, 3.8) is 0 Å². The Kier molecular flexibility index (Phi) is 6.79. The zero-order chi connectivity index (χ0) is 17.5. The fourth-order valence-corrected chi connectivity index (χ4v) is 4.92. The van der Waals surface area contributed by atoms with Crippen molar-refractivity contribution < 1.29 is 9.53 Å². The van der Waals surface area contributed by atoms with Gasteiger partial charge in [0.15, 0.2) is 0 Å². The van der Waals surface area contributed by atoms with Gasteiger partial charge in [0.2, 0.25) is 5.91 Å². The van der Waals surface area contributed by atoms with Gasteiger partial charge in [-0.05, 0) is 49.9 Å². The Morgan fingerprint density at radius 1 is 1.16 bits per heavy atom. The SMILES string of the molecule is COCCCN1CC2(CCN(CCSc3ccccc3)CC2)CC1=O. The van der Waals surface area contributed by atoms with Gasteiger partial charge in [-0.2, -0.15) is 0 Å². The van der Waals surface area contributed by atoms with E-state index in [9.17, 15) is 4.79 Å². The van der Waals surface area contributed by atoms with Gasteiger partial charge in [0.25, 0.3) is 0 Å². The van der Waals surface area contributed by atoms with Crippen LogP contribution in [0.25, 0.3) is 0 Å². The van der Waals surface area contributed by atoms with Gasteiger partial charge in [-0.3, -0.25) is 4.79 Å². The zero-order valence-corrected chi connectivity index (χ0v) is 16.1. The fourth-order valence-electron chi connectivity index (χ4n) is 3.98. The highest BCUT2D eigenvalue weighted by atomic mass is 32.2. The summed E-state index contributed by atoms with van der Waals surface area (Å²) >= 11 is 1.93. The molecule has 2 aliphatic heterocycles. The summed E-state index contributed by atoms with van der Waals surface area (Å²) in [6, 6.07) is 10.6. The number of methoxy groups -OCH3 is 1. The maximum atomic E-state index is 12.3. The topological polar surface area (TPSA) is 32.8 Å². The van der Waals surface area contributed by atoms with Crippen molar-refractivity contribution in [2.24, 2.45) is 5.41 Å². The van der Waals surface area contributed by atoms with Crippen LogP contribution in [-0.2, 0) is 9.53 Å². The molecule has 1 aromatic carbocycles. The summed E-state index contributed by atoms with van der Waals surface area (Å²) in [5.41, 5.74) is 0.243. The molecular formula is C20H30N2O2S. The van der Waals surface area contributed by atoms with Gasteiger partial charge in [-0.1, -0.05) is 18.2 Å². The quantitative estimate of drug-likeness (QED) is 0.525. The van der Waals surface area contributed by atoms with E-state index in [-0.39, 0.29) is 5.41 Å². The predicted octanol–water partition coefficient (Wildman–Crippen LogP) is 3.13. The monoisotopic (exact) mass is 362 g/mol. The molecule has 2 saturated heterocycles. The van der Waals surface area contributed by atoms with E-state index in [1.54, 1.807) is 7.11 Å². The Labute approximate surface area is 155 Å². The Morgan fingerprint density at radius 2 is 1.92 bits per heavy atom. The molecule has 0 aliphatic carbocycles. The van der Waals surface area contributed by atoms with Crippen molar-refractivity contribution in [2.75, 3.05) is 52.2 Å². The Hall–Kier alpha value is -1.04. The third-order valence-electron chi connectivity index (χ3n) is 5.52. The molecule has 2 fully saturated rings. The van der Waals surface area contributed by atoms with Crippen LogP contribution in [0.15, 0.2) is 35.2 Å². The van der Waals surface area contributed by atoms with Crippen molar-refractivity contribution >= 4 is 17.7 Å². The number of nitrogens with zero attached hydrogens (tertiary/aromatic N) is 2. The summed E-state index contributed by atoms with van der Waals surface area (Å²) in [5, 5.41) is 0. The number of carbonyl (C=O) groups excluding carboxylic acids is 1. The first-order valence-corrected chi connectivity index (χ1v) is 10.4. The van der Waals surface area contributed by atoms with Gasteiger partial charge in [-0.25, -0.2) is 0 Å². The van der Waals surface area contributed by atoms with E-state index in [4.69, 9.17) is 4.74 Å². The fraction of sp³-hybridized carbons (Fsp3) is 0.650. The summed E-state index contributed by atoms with van der Waals surface area (Å²) in [5.74, 6) is 1.49. The van der Waals surface area contributed by atoms with Gasteiger partial charge >= 0.3 is 0 Å². The predicted molar refractivity (Wildman–Crippen MR) is 103 cm³/mol. The molecule has 4 nitrogen and oxygen atoms in total. The van der Waals surface area contributed by atoms with Crippen LogP contribution in [0.5, 0.6) is 0 Å². The number of benzene rings is 1. The molecular weight excluding hydrogens is 332 g/mol. The van der Waals surface area contributed by atoms with Crippen molar-refractivity contribution in [2.45, 2.75) is 30.6 Å². The molecule has 0 radical (unpaired) electrons. The molecule has 0 unspecified atom stereocenters. The number of thioether (sulfide) groups is 1. The number of likely N-dealkylation sites (tertiary alicyclic amines) is 2. The third-order valence-corrected chi connectivity index (χ3v) is 6.51. The molecule has 25 heavy (non-hydrogen) atoms. The summed E-state index contributed by atoms with van der Waals surface area (Å²) in [6.45, 7) is 5.96. The lowest BCUT2D eigenvalue weighted by atomic mass is 9.77. The number of hydrogen-bond donors (Lipinski definition) is 0. The number of carbonyl (C=O) groups is 1. The van der Waals surface area contributed by atoms with E-state index >= 15 is 0 Å². The van der Waals surface area contributed by atoms with E-state index in [2.05, 4.69) is 40.1 Å². The highest BCUT2D eigenvalue weighted by Gasteiger charge is 2.44. The molecule has 1 amide bonds. The second-order valence-electron chi connectivity index (χ2n) is 7.34. The second kappa shape index (κ2) is 9.06. The van der Waals surface area contributed by atoms with Crippen molar-refractivity contribution in [3.05, 3.63) is 30.3 Å². The van der Waals surface area contributed by atoms with Crippen molar-refractivity contribution in [3.8, 4) is 0 Å². The van der Waals surface area contributed by atoms with Crippen LogP contribution in [0.3, 0.4) is 0 Å². The molecule has 138 valence electrons. The van der Waals surface area contributed by atoms with Crippen LogP contribution in [0.4, 0.5) is 0 Å². The first-order valence-electron chi connectivity index (χ1n) is 9.38. The van der Waals surface area contributed by atoms with Crippen LogP contribution in [0.2, 0.25) is 0 Å². The van der Waals surface area contributed by atoms with E-state index in [0.29, 0.717) is 5.91 Å². The van der Waals surface area contributed by atoms with Crippen LogP contribution in [0, 0.1) is 5.41 Å². The van der Waals surface area contributed by atoms with Crippen molar-refractivity contribution in [1.29, 1.82) is 0 Å². The summed E-state index contributed by atoms with van der Waals surface area (Å²) in [7, 11) is 1.72. The number of hydrogen-bond acceptors (Lipinski definition) is 4. The van der Waals surface area contributed by atoms with Gasteiger partial charge in [0.1, 0.15) is 0 Å². The maximum absolute atomic E-state index is 12.3. The van der Waals surface area contributed by atoms with E-state index in [1.807, 2.05) is 11.8 Å². The van der Waals surface area contributed by atoms with Gasteiger partial charge < -0.3 is 14.5 Å². The molecule has 0 N–H and O–H groups in total. The maximum Gasteiger partial charge on any atom is 0.223 e. The molecule has 1 spiro atoms. The Balaban J connectivity index is 1.39. The summed E-state index contributed by atoms with van der Waals surface area (Å²) < 4.78 is 5.11. The minimum atomic E-state index is 0.243. The third kappa shape index (κ3) is 5.22. The number of amides is 1. The van der Waals surface area contributed by atoms with Gasteiger partial charge in [0.05, 0.1) is 0 Å². The molecule has 0 bridgehead atoms. The minimum absolute atomic E-state index is 0.243. The molecule has 2 aliphatic rings. The largest absolute Gasteiger partial charge is 0.385 e. The molecule has 1 aromatic rings. The molecule has 0 aromatic heterocycles. The lowest BCUT2D eigenvalue weighted by Crippen LogP contribution is -2.42. The molecule has 2 heterocycles. The number of piperidine rings is 1. The minimum Gasteiger partial charge on any atom is -0.385 e. The molecule has 3 rings (SSSR count). The van der Waals surface area contributed by atoms with Gasteiger partial charge in [0, 0.05) is 50.4 Å². The summed E-state index contributed by atoms with van der Waals surface area (Å²) in [4.78, 5) is 18.3. The first kappa shape index (κ1) is 18.7. The smallest absolute Gasteiger partial charge is 0.223 e. The Bertz CT molecular complexity index is 544. The Morgan fingerprint density at radius 3 is 2.64 bits per heavy atom. The number of ether oxygens (including phenoxy) is 1. The molecule has 0 saturated carbocycles. The highest BCUT2D eigenvalue weighted by molar-refractivity contribution is 7.99. The van der Waals surface area contributed by atoms with E-state index in [0.717, 1.165) is 70.8 Å². The van der Waals surface area contributed by atoms with E-state index in [1.165, 1.54) is 4.90 Å². The average Bonchev–Trinajstić information content (AvgIpc) is 2.93. The van der Waals surface area contributed by atoms with E-state index < -0.39 is 0 Å². The zero-order valence-electron chi connectivity index (χ0n) is 15.3. The molecule has 0 atom stereocenters.